The van der Waals surface area contributed by atoms with Gasteiger partial charge in [0, 0.05) is 24.4 Å². The first-order chi connectivity index (χ1) is 8.78. The number of hydrogen-bond donors (Lipinski definition) is 1. The molecule has 2 unspecified atom stereocenters. The lowest BCUT2D eigenvalue weighted by Gasteiger charge is -2.44. The fraction of sp³-hybridized carbons (Fsp3) is 1.00. The quantitative estimate of drug-likeness (QED) is 0.825. The summed E-state index contributed by atoms with van der Waals surface area (Å²) in [6, 6.07) is 1.37. The van der Waals surface area contributed by atoms with Gasteiger partial charge in [0.25, 0.3) is 0 Å². The van der Waals surface area contributed by atoms with Gasteiger partial charge in [-0.1, -0.05) is 26.2 Å². The van der Waals surface area contributed by atoms with Crippen molar-refractivity contribution in [3.8, 4) is 0 Å². The summed E-state index contributed by atoms with van der Waals surface area (Å²) in [6.45, 7) is 3.26. The van der Waals surface area contributed by atoms with Gasteiger partial charge in [0.15, 0.2) is 0 Å². The molecule has 0 aromatic carbocycles. The maximum Gasteiger partial charge on any atom is 0.0697 e. The fourth-order valence-electron chi connectivity index (χ4n) is 3.53. The summed E-state index contributed by atoms with van der Waals surface area (Å²) in [7, 11) is 0. The van der Waals surface area contributed by atoms with Crippen molar-refractivity contribution in [2.45, 2.75) is 76.0 Å². The molecule has 0 amide bonds. The van der Waals surface area contributed by atoms with E-state index in [-0.39, 0.29) is 5.60 Å². The molecule has 1 spiro atoms. The van der Waals surface area contributed by atoms with Crippen LogP contribution in [0.1, 0.15) is 58.3 Å². The highest BCUT2D eigenvalue weighted by Crippen LogP contribution is 2.38. The second-order valence-corrected chi connectivity index (χ2v) is 6.92. The molecule has 18 heavy (non-hydrogen) atoms. The fourth-order valence-corrected chi connectivity index (χ4v) is 4.27. The highest BCUT2D eigenvalue weighted by atomic mass is 32.2. The molecule has 0 radical (unpaired) electrons. The monoisotopic (exact) mass is 271 g/mol. The number of ether oxygens (including phenoxy) is 1. The molecule has 0 bridgehead atoms. The van der Waals surface area contributed by atoms with E-state index >= 15 is 0 Å². The molecule has 0 aromatic rings. The van der Waals surface area contributed by atoms with E-state index in [4.69, 9.17) is 4.74 Å². The lowest BCUT2D eigenvalue weighted by atomic mass is 9.78. The highest BCUT2D eigenvalue weighted by Gasteiger charge is 2.38. The van der Waals surface area contributed by atoms with Crippen LogP contribution < -0.4 is 5.32 Å². The Morgan fingerprint density at radius 1 is 1.33 bits per heavy atom. The molecule has 1 heterocycles. The van der Waals surface area contributed by atoms with Crippen LogP contribution in [-0.4, -0.2) is 36.3 Å². The summed E-state index contributed by atoms with van der Waals surface area (Å²) in [6.07, 6.45) is 12.6. The van der Waals surface area contributed by atoms with Gasteiger partial charge >= 0.3 is 0 Å². The third-order valence-electron chi connectivity index (χ3n) is 4.59. The SMILES string of the molecule is CCC(CSC)NC1CCOC2(CCCCC2)C1. The van der Waals surface area contributed by atoms with E-state index in [1.54, 1.807) is 0 Å². The van der Waals surface area contributed by atoms with E-state index in [0.29, 0.717) is 12.1 Å². The minimum Gasteiger partial charge on any atom is -0.375 e. The first-order valence-electron chi connectivity index (χ1n) is 7.67. The van der Waals surface area contributed by atoms with Gasteiger partial charge in [0.1, 0.15) is 0 Å². The van der Waals surface area contributed by atoms with Crippen molar-refractivity contribution in [3.05, 3.63) is 0 Å². The molecule has 1 aliphatic carbocycles. The average Bonchev–Trinajstić information content (AvgIpc) is 2.39. The molecule has 1 aliphatic heterocycles. The maximum absolute atomic E-state index is 6.17. The molecule has 1 saturated carbocycles. The van der Waals surface area contributed by atoms with E-state index in [9.17, 15) is 0 Å². The zero-order chi connectivity index (χ0) is 12.8. The normalized spacial score (nSPS) is 29.3. The van der Waals surface area contributed by atoms with E-state index in [1.165, 1.54) is 57.1 Å². The van der Waals surface area contributed by atoms with E-state index < -0.39 is 0 Å². The average molecular weight is 271 g/mol. The van der Waals surface area contributed by atoms with Crippen molar-refractivity contribution in [1.29, 1.82) is 0 Å². The molecule has 2 atom stereocenters. The maximum atomic E-state index is 6.17. The van der Waals surface area contributed by atoms with Crippen molar-refractivity contribution >= 4 is 11.8 Å². The summed E-state index contributed by atoms with van der Waals surface area (Å²) in [5.74, 6) is 1.24. The molecule has 3 heteroatoms. The lowest BCUT2D eigenvalue weighted by Crippen LogP contribution is -2.50. The van der Waals surface area contributed by atoms with Crippen molar-refractivity contribution < 1.29 is 4.74 Å². The summed E-state index contributed by atoms with van der Waals surface area (Å²) < 4.78 is 6.17. The van der Waals surface area contributed by atoms with Gasteiger partial charge in [-0.25, -0.2) is 0 Å². The van der Waals surface area contributed by atoms with Crippen molar-refractivity contribution in [2.24, 2.45) is 0 Å². The third kappa shape index (κ3) is 3.88. The molecular formula is C15H29NOS. The van der Waals surface area contributed by atoms with Crippen LogP contribution in [0.2, 0.25) is 0 Å². The summed E-state index contributed by atoms with van der Waals surface area (Å²) >= 11 is 1.96. The summed E-state index contributed by atoms with van der Waals surface area (Å²) in [5.41, 5.74) is 0.242. The number of thioether (sulfide) groups is 1. The van der Waals surface area contributed by atoms with Crippen molar-refractivity contribution in [1.82, 2.24) is 5.32 Å². The molecule has 1 saturated heterocycles. The molecule has 2 fully saturated rings. The van der Waals surface area contributed by atoms with Crippen molar-refractivity contribution in [3.63, 3.8) is 0 Å². The van der Waals surface area contributed by atoms with Gasteiger partial charge in [-0.05, 0) is 38.4 Å². The topological polar surface area (TPSA) is 21.3 Å². The number of rotatable bonds is 5. The van der Waals surface area contributed by atoms with Gasteiger partial charge in [-0.3, -0.25) is 0 Å². The molecular weight excluding hydrogens is 242 g/mol. The summed E-state index contributed by atoms with van der Waals surface area (Å²) in [5, 5.41) is 3.88. The predicted octanol–water partition coefficient (Wildman–Crippen LogP) is 3.60. The van der Waals surface area contributed by atoms with Gasteiger partial charge in [-0.15, -0.1) is 0 Å². The number of nitrogens with one attached hydrogen (secondary N) is 1. The Bertz CT molecular complexity index is 235. The van der Waals surface area contributed by atoms with Crippen LogP contribution >= 0.6 is 11.8 Å². The third-order valence-corrected chi connectivity index (χ3v) is 5.33. The Hall–Kier alpha value is 0.270. The molecule has 106 valence electrons. The van der Waals surface area contributed by atoms with E-state index in [1.807, 2.05) is 11.8 Å². The zero-order valence-electron chi connectivity index (χ0n) is 12.0. The van der Waals surface area contributed by atoms with Gasteiger partial charge in [0.2, 0.25) is 0 Å². The minimum absolute atomic E-state index is 0.242. The first-order valence-corrected chi connectivity index (χ1v) is 9.06. The first kappa shape index (κ1) is 14.7. The van der Waals surface area contributed by atoms with Crippen LogP contribution in [0.25, 0.3) is 0 Å². The Kier molecular flexibility index (Phi) is 5.84. The molecule has 1 N–H and O–H groups in total. The highest BCUT2D eigenvalue weighted by molar-refractivity contribution is 7.98. The minimum atomic E-state index is 0.242. The van der Waals surface area contributed by atoms with Crippen LogP contribution in [-0.2, 0) is 4.74 Å². The lowest BCUT2D eigenvalue weighted by molar-refractivity contribution is -0.109. The standard InChI is InChI=1S/C15H29NOS/c1-3-13(12-18-2)16-14-7-10-17-15(11-14)8-5-4-6-9-15/h13-14,16H,3-12H2,1-2H3. The van der Waals surface area contributed by atoms with E-state index in [0.717, 1.165) is 6.61 Å². The Morgan fingerprint density at radius 2 is 2.11 bits per heavy atom. The predicted molar refractivity (Wildman–Crippen MR) is 80.4 cm³/mol. The van der Waals surface area contributed by atoms with Gasteiger partial charge in [-0.2, -0.15) is 11.8 Å². The van der Waals surface area contributed by atoms with Crippen LogP contribution in [0.15, 0.2) is 0 Å². The second-order valence-electron chi connectivity index (χ2n) is 6.01. The second kappa shape index (κ2) is 7.16. The van der Waals surface area contributed by atoms with Gasteiger partial charge < -0.3 is 10.1 Å². The van der Waals surface area contributed by atoms with E-state index in [2.05, 4.69) is 18.5 Å². The summed E-state index contributed by atoms with van der Waals surface area (Å²) in [4.78, 5) is 0. The molecule has 0 aromatic heterocycles. The smallest absolute Gasteiger partial charge is 0.0697 e. The van der Waals surface area contributed by atoms with Crippen LogP contribution in [0.4, 0.5) is 0 Å². The van der Waals surface area contributed by atoms with Crippen LogP contribution in [0.3, 0.4) is 0 Å². The Labute approximate surface area is 117 Å². The number of hydrogen-bond acceptors (Lipinski definition) is 3. The molecule has 2 rings (SSSR count). The molecule has 2 aliphatic rings. The largest absolute Gasteiger partial charge is 0.375 e. The Balaban J connectivity index is 1.85. The van der Waals surface area contributed by atoms with Gasteiger partial charge in [0.05, 0.1) is 5.60 Å². The molecule has 2 nitrogen and oxygen atoms in total. The zero-order valence-corrected chi connectivity index (χ0v) is 12.9. The van der Waals surface area contributed by atoms with Crippen LogP contribution in [0, 0.1) is 0 Å². The van der Waals surface area contributed by atoms with Crippen LogP contribution in [0.5, 0.6) is 0 Å². The Morgan fingerprint density at radius 3 is 2.78 bits per heavy atom. The van der Waals surface area contributed by atoms with Crippen molar-refractivity contribution in [2.75, 3.05) is 18.6 Å².